The summed E-state index contributed by atoms with van der Waals surface area (Å²) in [4.78, 5) is 0. The number of nitrogens with zero attached hydrogens (tertiary/aromatic N) is 3. The van der Waals surface area contributed by atoms with E-state index in [0.29, 0.717) is 15.9 Å². The highest BCUT2D eigenvalue weighted by Crippen LogP contribution is 2.31. The molecule has 0 bridgehead atoms. The number of hydrogen-bond donors (Lipinski definition) is 1. The molecule has 0 saturated heterocycles. The standard InChI is InChI=1S/C11H10BrF3N4/c1-19-9(10(12)17-18-19)8(16)6-2-4-7(5-3-6)11(13,14)15/h2-5,8H,16H2,1H3. The highest BCUT2D eigenvalue weighted by atomic mass is 79.9. The Bertz CT molecular complexity index is 557. The lowest BCUT2D eigenvalue weighted by atomic mass is 10.0. The Labute approximate surface area is 115 Å². The molecule has 1 aromatic carbocycles. The molecule has 102 valence electrons. The predicted molar refractivity (Wildman–Crippen MR) is 66.2 cm³/mol. The minimum atomic E-state index is -4.35. The Morgan fingerprint density at radius 1 is 1.26 bits per heavy atom. The zero-order valence-electron chi connectivity index (χ0n) is 9.82. The molecule has 1 aromatic heterocycles. The largest absolute Gasteiger partial charge is 0.416 e. The van der Waals surface area contributed by atoms with Crippen LogP contribution in [0.2, 0.25) is 0 Å². The van der Waals surface area contributed by atoms with E-state index in [1.54, 1.807) is 7.05 Å². The van der Waals surface area contributed by atoms with Crippen LogP contribution in [-0.4, -0.2) is 15.0 Å². The van der Waals surface area contributed by atoms with Gasteiger partial charge in [0.1, 0.15) is 0 Å². The molecular weight excluding hydrogens is 325 g/mol. The molecule has 2 rings (SSSR count). The first-order chi connectivity index (χ1) is 8.80. The van der Waals surface area contributed by atoms with E-state index in [-0.39, 0.29) is 0 Å². The number of rotatable bonds is 2. The van der Waals surface area contributed by atoms with Crippen LogP contribution >= 0.6 is 15.9 Å². The van der Waals surface area contributed by atoms with Crippen LogP contribution in [0.4, 0.5) is 13.2 Å². The maximum atomic E-state index is 12.5. The van der Waals surface area contributed by atoms with Crippen molar-refractivity contribution in [1.82, 2.24) is 15.0 Å². The summed E-state index contributed by atoms with van der Waals surface area (Å²) in [5.41, 5.74) is 6.46. The van der Waals surface area contributed by atoms with Gasteiger partial charge in [-0.3, -0.25) is 0 Å². The Kier molecular flexibility index (Phi) is 3.64. The van der Waals surface area contributed by atoms with Crippen LogP contribution in [0.1, 0.15) is 22.9 Å². The molecule has 2 N–H and O–H groups in total. The van der Waals surface area contributed by atoms with Crippen LogP contribution in [0.15, 0.2) is 28.9 Å². The molecule has 0 radical (unpaired) electrons. The molecule has 0 amide bonds. The number of hydrogen-bond acceptors (Lipinski definition) is 3. The lowest BCUT2D eigenvalue weighted by Gasteiger charge is -2.13. The van der Waals surface area contributed by atoms with Crippen LogP contribution in [0.3, 0.4) is 0 Å². The van der Waals surface area contributed by atoms with E-state index in [1.807, 2.05) is 0 Å². The summed E-state index contributed by atoms with van der Waals surface area (Å²) >= 11 is 3.21. The molecule has 2 aromatic rings. The smallest absolute Gasteiger partial charge is 0.319 e. The summed E-state index contributed by atoms with van der Waals surface area (Å²) in [5.74, 6) is 0. The first kappa shape index (κ1) is 14.0. The molecule has 19 heavy (non-hydrogen) atoms. The Morgan fingerprint density at radius 2 is 1.84 bits per heavy atom. The molecule has 1 heterocycles. The van der Waals surface area contributed by atoms with Crippen LogP contribution in [0.25, 0.3) is 0 Å². The van der Waals surface area contributed by atoms with Crippen molar-refractivity contribution in [2.75, 3.05) is 0 Å². The van der Waals surface area contributed by atoms with Crippen LogP contribution < -0.4 is 5.73 Å². The average Bonchev–Trinajstić information content (AvgIpc) is 2.67. The van der Waals surface area contributed by atoms with Gasteiger partial charge in [0, 0.05) is 7.05 Å². The molecule has 1 atom stereocenters. The SMILES string of the molecule is Cn1nnc(Br)c1C(N)c1ccc(C(F)(F)F)cc1. The highest BCUT2D eigenvalue weighted by molar-refractivity contribution is 9.10. The van der Waals surface area contributed by atoms with E-state index in [0.717, 1.165) is 12.1 Å². The van der Waals surface area contributed by atoms with Gasteiger partial charge in [0.05, 0.1) is 17.3 Å². The van der Waals surface area contributed by atoms with Crippen molar-refractivity contribution in [2.24, 2.45) is 12.8 Å². The molecule has 0 aliphatic carbocycles. The number of aryl methyl sites for hydroxylation is 1. The molecule has 0 fully saturated rings. The molecule has 0 aliphatic heterocycles. The normalized spacial score (nSPS) is 13.6. The minimum absolute atomic E-state index is 0.474. The Balaban J connectivity index is 2.33. The van der Waals surface area contributed by atoms with Gasteiger partial charge < -0.3 is 5.73 Å². The second-order valence-corrected chi connectivity index (χ2v) is 4.74. The number of benzene rings is 1. The van der Waals surface area contributed by atoms with Crippen LogP contribution in [0.5, 0.6) is 0 Å². The monoisotopic (exact) mass is 334 g/mol. The third kappa shape index (κ3) is 2.79. The molecule has 0 aliphatic rings. The van der Waals surface area contributed by atoms with Gasteiger partial charge in [-0.2, -0.15) is 13.2 Å². The lowest BCUT2D eigenvalue weighted by Crippen LogP contribution is -2.17. The van der Waals surface area contributed by atoms with Gasteiger partial charge in [0.25, 0.3) is 0 Å². The summed E-state index contributed by atoms with van der Waals surface area (Å²) < 4.78 is 39.3. The van der Waals surface area contributed by atoms with E-state index in [2.05, 4.69) is 26.2 Å². The number of halogens is 4. The third-order valence-electron chi connectivity index (χ3n) is 2.72. The van der Waals surface area contributed by atoms with Gasteiger partial charge in [-0.25, -0.2) is 4.68 Å². The molecule has 0 spiro atoms. The predicted octanol–water partition coefficient (Wildman–Crippen LogP) is 2.64. The molecule has 8 heteroatoms. The maximum Gasteiger partial charge on any atom is 0.416 e. The first-order valence-corrected chi connectivity index (χ1v) is 6.08. The average molecular weight is 335 g/mol. The van der Waals surface area contributed by atoms with E-state index in [9.17, 15) is 13.2 Å². The fourth-order valence-electron chi connectivity index (χ4n) is 1.71. The van der Waals surface area contributed by atoms with E-state index >= 15 is 0 Å². The van der Waals surface area contributed by atoms with Gasteiger partial charge in [-0.05, 0) is 33.6 Å². The Morgan fingerprint density at radius 3 is 2.26 bits per heavy atom. The van der Waals surface area contributed by atoms with E-state index < -0.39 is 17.8 Å². The van der Waals surface area contributed by atoms with Gasteiger partial charge >= 0.3 is 6.18 Å². The first-order valence-electron chi connectivity index (χ1n) is 5.28. The van der Waals surface area contributed by atoms with Gasteiger partial charge in [0.15, 0.2) is 4.60 Å². The summed E-state index contributed by atoms with van der Waals surface area (Å²) in [6.07, 6.45) is -4.35. The zero-order chi connectivity index (χ0) is 14.2. The number of alkyl halides is 3. The highest BCUT2D eigenvalue weighted by Gasteiger charge is 2.30. The van der Waals surface area contributed by atoms with Crippen molar-refractivity contribution in [1.29, 1.82) is 0 Å². The van der Waals surface area contributed by atoms with E-state index in [4.69, 9.17) is 5.73 Å². The molecular formula is C11H10BrF3N4. The van der Waals surface area contributed by atoms with Gasteiger partial charge in [-0.15, -0.1) is 5.10 Å². The van der Waals surface area contributed by atoms with Crippen LogP contribution in [0, 0.1) is 0 Å². The van der Waals surface area contributed by atoms with Crippen molar-refractivity contribution in [3.05, 3.63) is 45.7 Å². The lowest BCUT2D eigenvalue weighted by molar-refractivity contribution is -0.137. The summed E-state index contributed by atoms with van der Waals surface area (Å²) in [6, 6.07) is 4.12. The van der Waals surface area contributed by atoms with E-state index in [1.165, 1.54) is 16.8 Å². The van der Waals surface area contributed by atoms with Gasteiger partial charge in [0.2, 0.25) is 0 Å². The fraction of sp³-hybridized carbons (Fsp3) is 0.273. The van der Waals surface area contributed by atoms with Gasteiger partial charge in [-0.1, -0.05) is 17.3 Å². The zero-order valence-corrected chi connectivity index (χ0v) is 11.4. The molecule has 0 saturated carbocycles. The van der Waals surface area contributed by atoms with Crippen molar-refractivity contribution >= 4 is 15.9 Å². The molecule has 1 unspecified atom stereocenters. The summed E-state index contributed by atoms with van der Waals surface area (Å²) in [6.45, 7) is 0. The fourth-order valence-corrected chi connectivity index (χ4v) is 2.28. The van der Waals surface area contributed by atoms with Crippen molar-refractivity contribution in [2.45, 2.75) is 12.2 Å². The second kappa shape index (κ2) is 4.93. The number of nitrogens with two attached hydrogens (primary N) is 1. The third-order valence-corrected chi connectivity index (χ3v) is 3.28. The second-order valence-electron chi connectivity index (χ2n) is 3.99. The summed E-state index contributed by atoms with van der Waals surface area (Å²) in [7, 11) is 1.66. The minimum Gasteiger partial charge on any atom is -0.319 e. The quantitative estimate of drug-likeness (QED) is 0.918. The summed E-state index contributed by atoms with van der Waals surface area (Å²) in [5, 5.41) is 7.57. The number of aromatic nitrogens is 3. The maximum absolute atomic E-state index is 12.5. The Hall–Kier alpha value is -1.41. The molecule has 4 nitrogen and oxygen atoms in total. The topological polar surface area (TPSA) is 56.7 Å². The van der Waals surface area contributed by atoms with Crippen molar-refractivity contribution < 1.29 is 13.2 Å². The van der Waals surface area contributed by atoms with Crippen LogP contribution in [-0.2, 0) is 13.2 Å². The van der Waals surface area contributed by atoms with Crippen molar-refractivity contribution in [3.8, 4) is 0 Å². The van der Waals surface area contributed by atoms with Crippen molar-refractivity contribution in [3.63, 3.8) is 0 Å².